The predicted molar refractivity (Wildman–Crippen MR) is 123 cm³/mol. The SMILES string of the molecule is CCCCCc1cc(O)c(C/C=C(\C)CCC=C(C)C)c(OC(C)(C)OC)c1.O. The van der Waals surface area contributed by atoms with Gasteiger partial charge in [0.05, 0.1) is 0 Å². The topological polar surface area (TPSA) is 70.2 Å². The van der Waals surface area contributed by atoms with Crippen LogP contribution in [0.5, 0.6) is 11.5 Å². The van der Waals surface area contributed by atoms with Crippen LogP contribution < -0.4 is 4.74 Å². The average Bonchev–Trinajstić information content (AvgIpc) is 2.60. The number of phenols is 1. The fourth-order valence-electron chi connectivity index (χ4n) is 2.98. The fraction of sp³-hybridized carbons (Fsp3) is 0.600. The van der Waals surface area contributed by atoms with Gasteiger partial charge in [-0.05, 0) is 70.6 Å². The van der Waals surface area contributed by atoms with Crippen LogP contribution in [-0.4, -0.2) is 23.5 Å². The Morgan fingerprint density at radius 3 is 2.38 bits per heavy atom. The number of ether oxygens (including phenoxy) is 2. The highest BCUT2D eigenvalue weighted by Crippen LogP contribution is 2.34. The summed E-state index contributed by atoms with van der Waals surface area (Å²) < 4.78 is 11.6. The van der Waals surface area contributed by atoms with Gasteiger partial charge < -0.3 is 20.1 Å². The second-order valence-corrected chi connectivity index (χ2v) is 8.33. The van der Waals surface area contributed by atoms with Gasteiger partial charge in [-0.15, -0.1) is 0 Å². The average molecular weight is 407 g/mol. The number of methoxy groups -OCH3 is 1. The van der Waals surface area contributed by atoms with Crippen LogP contribution in [0.25, 0.3) is 0 Å². The van der Waals surface area contributed by atoms with Crippen molar-refractivity contribution >= 4 is 0 Å². The van der Waals surface area contributed by atoms with Crippen molar-refractivity contribution in [1.82, 2.24) is 0 Å². The predicted octanol–water partition coefficient (Wildman–Crippen LogP) is 6.30. The Balaban J connectivity index is 0.00000784. The van der Waals surface area contributed by atoms with Gasteiger partial charge in [0, 0.05) is 26.5 Å². The quantitative estimate of drug-likeness (QED) is 0.252. The molecule has 0 heterocycles. The third-order valence-electron chi connectivity index (χ3n) is 4.91. The molecule has 0 saturated heterocycles. The molecule has 4 nitrogen and oxygen atoms in total. The minimum absolute atomic E-state index is 0. The molecule has 0 aromatic heterocycles. The van der Waals surface area contributed by atoms with Crippen LogP contribution in [0.15, 0.2) is 35.4 Å². The van der Waals surface area contributed by atoms with Gasteiger partial charge in [0.2, 0.25) is 5.79 Å². The Morgan fingerprint density at radius 2 is 1.79 bits per heavy atom. The van der Waals surface area contributed by atoms with Crippen LogP contribution in [0.1, 0.15) is 84.8 Å². The Bertz CT molecular complexity index is 668. The molecule has 0 amide bonds. The third kappa shape index (κ3) is 10.5. The maximum absolute atomic E-state index is 10.7. The molecule has 166 valence electrons. The molecule has 1 aromatic rings. The Kier molecular flexibility index (Phi) is 12.6. The summed E-state index contributed by atoms with van der Waals surface area (Å²) in [4.78, 5) is 0. The maximum Gasteiger partial charge on any atom is 0.204 e. The van der Waals surface area contributed by atoms with Crippen LogP contribution >= 0.6 is 0 Å². The minimum atomic E-state index is -0.745. The molecule has 0 unspecified atom stereocenters. The van der Waals surface area contributed by atoms with E-state index in [0.717, 1.165) is 36.8 Å². The zero-order chi connectivity index (χ0) is 21.2. The number of hydrogen-bond acceptors (Lipinski definition) is 3. The number of unbranched alkanes of at least 4 members (excludes halogenated alkanes) is 2. The highest BCUT2D eigenvalue weighted by molar-refractivity contribution is 5.49. The Hall–Kier alpha value is -1.78. The highest BCUT2D eigenvalue weighted by Gasteiger charge is 2.22. The lowest BCUT2D eigenvalue weighted by molar-refractivity contribution is -0.134. The number of phenolic OH excluding ortho intramolecular Hbond substituents is 1. The van der Waals surface area contributed by atoms with E-state index in [-0.39, 0.29) is 5.48 Å². The first-order valence-corrected chi connectivity index (χ1v) is 10.6. The molecule has 1 rings (SSSR count). The molecule has 0 aliphatic heterocycles. The van der Waals surface area contributed by atoms with E-state index in [1.807, 2.05) is 19.9 Å². The Labute approximate surface area is 177 Å². The molecule has 0 aliphatic carbocycles. The molecule has 0 saturated carbocycles. The first-order chi connectivity index (χ1) is 13.2. The van der Waals surface area contributed by atoms with Crippen molar-refractivity contribution < 1.29 is 20.1 Å². The van der Waals surface area contributed by atoms with Crippen LogP contribution in [-0.2, 0) is 17.6 Å². The van der Waals surface area contributed by atoms with Gasteiger partial charge in [-0.2, -0.15) is 0 Å². The second kappa shape index (κ2) is 13.4. The van der Waals surface area contributed by atoms with Crippen molar-refractivity contribution in [2.24, 2.45) is 0 Å². The number of rotatable bonds is 12. The van der Waals surface area contributed by atoms with Crippen LogP contribution in [0.4, 0.5) is 0 Å². The summed E-state index contributed by atoms with van der Waals surface area (Å²) in [6.45, 7) is 12.4. The van der Waals surface area contributed by atoms with Crippen molar-refractivity contribution in [3.05, 3.63) is 46.6 Å². The summed E-state index contributed by atoms with van der Waals surface area (Å²) >= 11 is 0. The summed E-state index contributed by atoms with van der Waals surface area (Å²) in [7, 11) is 1.64. The molecular weight excluding hydrogens is 364 g/mol. The van der Waals surface area contributed by atoms with Crippen LogP contribution in [0.3, 0.4) is 0 Å². The molecule has 0 spiro atoms. The highest BCUT2D eigenvalue weighted by atomic mass is 16.7. The lowest BCUT2D eigenvalue weighted by Crippen LogP contribution is -2.30. The van der Waals surface area contributed by atoms with Crippen LogP contribution in [0.2, 0.25) is 0 Å². The molecule has 3 N–H and O–H groups in total. The van der Waals surface area contributed by atoms with Gasteiger partial charge in [0.25, 0.3) is 0 Å². The van der Waals surface area contributed by atoms with Gasteiger partial charge in [-0.3, -0.25) is 0 Å². The van der Waals surface area contributed by atoms with E-state index in [1.54, 1.807) is 7.11 Å². The van der Waals surface area contributed by atoms with E-state index in [4.69, 9.17) is 9.47 Å². The number of allylic oxidation sites excluding steroid dienone is 4. The minimum Gasteiger partial charge on any atom is -0.508 e. The van der Waals surface area contributed by atoms with Crippen LogP contribution in [0, 0.1) is 0 Å². The van der Waals surface area contributed by atoms with E-state index in [0.29, 0.717) is 17.9 Å². The van der Waals surface area contributed by atoms with Gasteiger partial charge in [-0.1, -0.05) is 43.1 Å². The summed E-state index contributed by atoms with van der Waals surface area (Å²) in [5.74, 6) is 0.279. The largest absolute Gasteiger partial charge is 0.508 e. The van der Waals surface area contributed by atoms with E-state index >= 15 is 0 Å². The molecule has 0 radical (unpaired) electrons. The summed E-state index contributed by atoms with van der Waals surface area (Å²) in [5, 5.41) is 10.7. The molecule has 1 aromatic carbocycles. The first-order valence-electron chi connectivity index (χ1n) is 10.6. The molecular formula is C25H42O4. The zero-order valence-electron chi connectivity index (χ0n) is 19.5. The maximum atomic E-state index is 10.7. The molecule has 29 heavy (non-hydrogen) atoms. The van der Waals surface area contributed by atoms with E-state index in [1.165, 1.54) is 24.0 Å². The normalized spacial score (nSPS) is 11.8. The first kappa shape index (κ1) is 27.2. The van der Waals surface area contributed by atoms with Crippen molar-refractivity contribution in [2.75, 3.05) is 7.11 Å². The lowest BCUT2D eigenvalue weighted by atomic mass is 10.00. The summed E-state index contributed by atoms with van der Waals surface area (Å²) in [6, 6.07) is 3.96. The van der Waals surface area contributed by atoms with E-state index < -0.39 is 5.79 Å². The number of aryl methyl sites for hydroxylation is 1. The molecule has 4 heteroatoms. The van der Waals surface area contributed by atoms with Gasteiger partial charge in [0.15, 0.2) is 0 Å². The molecule has 0 fully saturated rings. The standard InChI is InChI=1S/C25H40O3.H2O/c1-8-9-10-14-21-17-23(26)22(24(18-21)28-25(5,6)27-7)16-15-20(4)13-11-12-19(2)3;/h12,15,17-18,26H,8-11,13-14,16H2,1-7H3;1H2/b20-15+;. The molecule has 0 aliphatic rings. The summed E-state index contributed by atoms with van der Waals surface area (Å²) in [6.07, 6.45) is 11.6. The van der Waals surface area contributed by atoms with Gasteiger partial charge >= 0.3 is 0 Å². The van der Waals surface area contributed by atoms with Crippen molar-refractivity contribution in [3.63, 3.8) is 0 Å². The fourth-order valence-corrected chi connectivity index (χ4v) is 2.98. The van der Waals surface area contributed by atoms with Crippen molar-refractivity contribution in [3.8, 4) is 11.5 Å². The number of aromatic hydroxyl groups is 1. The summed E-state index contributed by atoms with van der Waals surface area (Å²) in [5.41, 5.74) is 4.61. The molecule has 0 bridgehead atoms. The zero-order valence-corrected chi connectivity index (χ0v) is 19.5. The van der Waals surface area contributed by atoms with Crippen molar-refractivity contribution in [1.29, 1.82) is 0 Å². The second-order valence-electron chi connectivity index (χ2n) is 8.33. The van der Waals surface area contributed by atoms with Crippen molar-refractivity contribution in [2.45, 2.75) is 92.3 Å². The van der Waals surface area contributed by atoms with Gasteiger partial charge in [0.1, 0.15) is 11.5 Å². The number of hydrogen-bond donors (Lipinski definition) is 1. The van der Waals surface area contributed by atoms with E-state index in [9.17, 15) is 5.11 Å². The number of benzene rings is 1. The molecule has 0 atom stereocenters. The third-order valence-corrected chi connectivity index (χ3v) is 4.91. The smallest absolute Gasteiger partial charge is 0.204 e. The van der Waals surface area contributed by atoms with E-state index in [2.05, 4.69) is 45.9 Å². The van der Waals surface area contributed by atoms with Gasteiger partial charge in [-0.25, -0.2) is 0 Å². The Morgan fingerprint density at radius 1 is 1.10 bits per heavy atom. The lowest BCUT2D eigenvalue weighted by Gasteiger charge is -2.26. The monoisotopic (exact) mass is 406 g/mol.